The molecule has 2 aliphatic heterocycles. The Morgan fingerprint density at radius 3 is 2.26 bits per heavy atom. The fourth-order valence-electron chi connectivity index (χ4n) is 3.91. The summed E-state index contributed by atoms with van der Waals surface area (Å²) < 4.78 is 6.39. The number of hydrogen-bond donors (Lipinski definition) is 0. The van der Waals surface area contributed by atoms with Crippen LogP contribution in [0.2, 0.25) is 0 Å². The minimum Gasteiger partial charge on any atom is -0.464 e. The number of rotatable bonds is 2. The summed E-state index contributed by atoms with van der Waals surface area (Å²) >= 11 is 0. The maximum Gasteiger partial charge on any atom is 0.213 e. The fourth-order valence-corrected chi connectivity index (χ4v) is 3.91. The van der Waals surface area contributed by atoms with Crippen LogP contribution in [0.1, 0.15) is 46.5 Å². The van der Waals surface area contributed by atoms with Gasteiger partial charge in [0.05, 0.1) is 11.8 Å². The maximum atomic E-state index is 6.39. The van der Waals surface area contributed by atoms with Crippen LogP contribution in [0.5, 0.6) is 5.75 Å². The second-order valence-electron chi connectivity index (χ2n) is 7.43. The SMILES string of the molecule is Cc1ccc(C2=NN3[C@@H](C2)c2ccccc2O[C@H]3c2ccc(C)cc2)cc1. The third kappa shape index (κ3) is 2.80. The first-order chi connectivity index (χ1) is 13.2. The molecule has 2 heterocycles. The Labute approximate surface area is 159 Å². The Balaban J connectivity index is 1.58. The average molecular weight is 354 g/mol. The van der Waals surface area contributed by atoms with E-state index in [-0.39, 0.29) is 12.3 Å². The Bertz CT molecular complexity index is 1010. The van der Waals surface area contributed by atoms with E-state index < -0.39 is 0 Å². The molecule has 0 bridgehead atoms. The first-order valence-corrected chi connectivity index (χ1v) is 9.44. The van der Waals surface area contributed by atoms with Crippen molar-refractivity contribution >= 4 is 5.71 Å². The number of hydrazone groups is 1. The molecular weight excluding hydrogens is 332 g/mol. The first-order valence-electron chi connectivity index (χ1n) is 9.44. The van der Waals surface area contributed by atoms with Gasteiger partial charge in [-0.2, -0.15) is 5.10 Å². The number of hydrogen-bond acceptors (Lipinski definition) is 3. The van der Waals surface area contributed by atoms with Crippen molar-refractivity contribution in [2.45, 2.75) is 32.5 Å². The highest BCUT2D eigenvalue weighted by Gasteiger charge is 2.40. The van der Waals surface area contributed by atoms with E-state index in [0.29, 0.717) is 0 Å². The molecule has 27 heavy (non-hydrogen) atoms. The molecule has 5 rings (SSSR count). The third-order valence-corrected chi connectivity index (χ3v) is 5.45. The van der Waals surface area contributed by atoms with Crippen molar-refractivity contribution < 1.29 is 4.74 Å². The van der Waals surface area contributed by atoms with Crippen molar-refractivity contribution in [3.8, 4) is 5.75 Å². The van der Waals surface area contributed by atoms with Crippen LogP contribution >= 0.6 is 0 Å². The van der Waals surface area contributed by atoms with Gasteiger partial charge in [0, 0.05) is 17.5 Å². The summed E-state index contributed by atoms with van der Waals surface area (Å²) in [6, 6.07) is 25.7. The highest BCUT2D eigenvalue weighted by Crippen LogP contribution is 2.47. The van der Waals surface area contributed by atoms with Crippen molar-refractivity contribution in [2.75, 3.05) is 0 Å². The summed E-state index contributed by atoms with van der Waals surface area (Å²) in [5, 5.41) is 7.16. The van der Waals surface area contributed by atoms with Gasteiger partial charge in [-0.15, -0.1) is 0 Å². The molecule has 2 atom stereocenters. The molecule has 0 fully saturated rings. The van der Waals surface area contributed by atoms with Gasteiger partial charge in [-0.3, -0.25) is 0 Å². The highest BCUT2D eigenvalue weighted by atomic mass is 16.5. The zero-order chi connectivity index (χ0) is 18.4. The van der Waals surface area contributed by atoms with Gasteiger partial charge in [0.15, 0.2) is 0 Å². The molecule has 3 heteroatoms. The Kier molecular flexibility index (Phi) is 3.75. The fraction of sp³-hybridized carbons (Fsp3) is 0.208. The van der Waals surface area contributed by atoms with Crippen LogP contribution in [0.3, 0.4) is 0 Å². The summed E-state index contributed by atoms with van der Waals surface area (Å²) in [6.07, 6.45) is 0.694. The van der Waals surface area contributed by atoms with Crippen LogP contribution in [0, 0.1) is 13.8 Å². The molecule has 0 N–H and O–H groups in total. The van der Waals surface area contributed by atoms with E-state index >= 15 is 0 Å². The largest absolute Gasteiger partial charge is 0.464 e. The zero-order valence-electron chi connectivity index (χ0n) is 15.6. The number of para-hydroxylation sites is 1. The van der Waals surface area contributed by atoms with Gasteiger partial charge in [0.2, 0.25) is 6.23 Å². The van der Waals surface area contributed by atoms with Gasteiger partial charge in [-0.1, -0.05) is 77.9 Å². The Hall–Kier alpha value is -3.07. The summed E-state index contributed by atoms with van der Waals surface area (Å²) in [4.78, 5) is 0. The van der Waals surface area contributed by atoms with Crippen LogP contribution in [0.4, 0.5) is 0 Å². The van der Waals surface area contributed by atoms with E-state index in [0.717, 1.165) is 23.4 Å². The molecule has 0 unspecified atom stereocenters. The second kappa shape index (κ2) is 6.27. The lowest BCUT2D eigenvalue weighted by atomic mass is 9.95. The van der Waals surface area contributed by atoms with E-state index in [1.54, 1.807) is 0 Å². The molecule has 0 saturated heterocycles. The van der Waals surface area contributed by atoms with E-state index in [1.165, 1.54) is 22.3 Å². The van der Waals surface area contributed by atoms with Gasteiger partial charge in [-0.05, 0) is 25.5 Å². The number of aryl methyl sites for hydroxylation is 2. The molecule has 0 aliphatic carbocycles. The molecule has 3 aromatic carbocycles. The van der Waals surface area contributed by atoms with Gasteiger partial charge < -0.3 is 4.74 Å². The van der Waals surface area contributed by atoms with E-state index in [9.17, 15) is 0 Å². The molecule has 0 aromatic heterocycles. The second-order valence-corrected chi connectivity index (χ2v) is 7.43. The summed E-state index contributed by atoms with van der Waals surface area (Å²) in [5.41, 5.74) is 7.17. The van der Waals surface area contributed by atoms with Gasteiger partial charge in [-0.25, -0.2) is 5.01 Å². The van der Waals surface area contributed by atoms with Gasteiger partial charge in [0.25, 0.3) is 0 Å². The minimum absolute atomic E-state index is 0.201. The molecule has 134 valence electrons. The van der Waals surface area contributed by atoms with E-state index in [1.807, 2.05) is 6.07 Å². The average Bonchev–Trinajstić information content (AvgIpc) is 3.14. The smallest absolute Gasteiger partial charge is 0.213 e. The zero-order valence-corrected chi connectivity index (χ0v) is 15.6. The van der Waals surface area contributed by atoms with Crippen LogP contribution in [-0.4, -0.2) is 10.7 Å². The first kappa shape index (κ1) is 16.1. The maximum absolute atomic E-state index is 6.39. The van der Waals surface area contributed by atoms with Gasteiger partial charge >= 0.3 is 0 Å². The standard InChI is InChI=1S/C24H22N2O/c1-16-7-11-18(12-8-16)21-15-22-20-5-3-4-6-23(20)27-24(26(22)25-21)19-13-9-17(2)10-14-19/h3-14,22,24H,15H2,1-2H3/t22-,24-/m0/s1. The summed E-state index contributed by atoms with van der Waals surface area (Å²) in [5.74, 6) is 0.963. The summed E-state index contributed by atoms with van der Waals surface area (Å²) in [7, 11) is 0. The van der Waals surface area contributed by atoms with Crippen LogP contribution in [0.25, 0.3) is 0 Å². The molecular formula is C24H22N2O. The van der Waals surface area contributed by atoms with Crippen LogP contribution < -0.4 is 4.74 Å². The minimum atomic E-state index is -0.201. The van der Waals surface area contributed by atoms with Crippen LogP contribution in [-0.2, 0) is 0 Å². The number of benzene rings is 3. The predicted octanol–water partition coefficient (Wildman–Crippen LogP) is 5.55. The van der Waals surface area contributed by atoms with E-state index in [2.05, 4.69) is 85.6 Å². The molecule has 3 nitrogen and oxygen atoms in total. The Morgan fingerprint density at radius 2 is 1.52 bits per heavy atom. The van der Waals surface area contributed by atoms with Crippen molar-refractivity contribution in [1.82, 2.24) is 5.01 Å². The number of fused-ring (bicyclic) bond motifs is 3. The van der Waals surface area contributed by atoms with Crippen molar-refractivity contribution in [3.63, 3.8) is 0 Å². The molecule has 3 aromatic rings. The summed E-state index contributed by atoms with van der Waals surface area (Å²) in [6.45, 7) is 4.22. The number of ether oxygens (including phenoxy) is 1. The Morgan fingerprint density at radius 1 is 0.852 bits per heavy atom. The van der Waals surface area contributed by atoms with Crippen molar-refractivity contribution in [3.05, 3.63) is 101 Å². The lowest BCUT2D eigenvalue weighted by molar-refractivity contribution is -0.0190. The molecule has 0 amide bonds. The normalized spacial score (nSPS) is 20.5. The van der Waals surface area contributed by atoms with Crippen molar-refractivity contribution in [2.24, 2.45) is 5.10 Å². The molecule has 0 saturated carbocycles. The monoisotopic (exact) mass is 354 g/mol. The quantitative estimate of drug-likeness (QED) is 0.603. The molecule has 0 radical (unpaired) electrons. The third-order valence-electron chi connectivity index (χ3n) is 5.45. The highest BCUT2D eigenvalue weighted by molar-refractivity contribution is 6.02. The number of nitrogens with zero attached hydrogens (tertiary/aromatic N) is 2. The lowest BCUT2D eigenvalue weighted by Crippen LogP contribution is -2.33. The molecule has 2 aliphatic rings. The van der Waals surface area contributed by atoms with Crippen molar-refractivity contribution in [1.29, 1.82) is 0 Å². The predicted molar refractivity (Wildman–Crippen MR) is 108 cm³/mol. The van der Waals surface area contributed by atoms with Crippen LogP contribution in [0.15, 0.2) is 77.9 Å². The van der Waals surface area contributed by atoms with Gasteiger partial charge in [0.1, 0.15) is 5.75 Å². The molecule has 0 spiro atoms. The topological polar surface area (TPSA) is 24.8 Å². The lowest BCUT2D eigenvalue weighted by Gasteiger charge is -2.38. The van der Waals surface area contributed by atoms with E-state index in [4.69, 9.17) is 9.84 Å².